The maximum atomic E-state index is 14.5. The van der Waals surface area contributed by atoms with Crippen LogP contribution < -0.4 is 9.47 Å². The van der Waals surface area contributed by atoms with Crippen molar-refractivity contribution >= 4 is 0 Å². The van der Waals surface area contributed by atoms with Crippen molar-refractivity contribution in [3.8, 4) is 22.6 Å². The van der Waals surface area contributed by atoms with Gasteiger partial charge in [0.05, 0.1) is 6.61 Å². The molecule has 0 aliphatic heterocycles. The maximum Gasteiger partial charge on any atom is 0.285 e. The zero-order valence-electron chi connectivity index (χ0n) is 21.0. The van der Waals surface area contributed by atoms with Crippen molar-refractivity contribution in [2.75, 3.05) is 13.2 Å². The second-order valence-electron chi connectivity index (χ2n) is 9.06. The third kappa shape index (κ3) is 8.00. The van der Waals surface area contributed by atoms with Crippen molar-refractivity contribution < 1.29 is 27.0 Å². The molecular formula is C30H34F4O2. The zero-order chi connectivity index (χ0) is 26.0. The summed E-state index contributed by atoms with van der Waals surface area (Å²) in [4.78, 5) is 0. The molecule has 3 aromatic carbocycles. The van der Waals surface area contributed by atoms with E-state index in [-0.39, 0.29) is 12.4 Å². The Hall–Kier alpha value is -3.02. The molecule has 0 heterocycles. The normalized spacial score (nSPS) is 11.5. The van der Waals surface area contributed by atoms with Crippen molar-refractivity contribution in [2.24, 2.45) is 0 Å². The Labute approximate surface area is 211 Å². The summed E-state index contributed by atoms with van der Waals surface area (Å²) in [5.74, 6) is -6.64. The molecule has 0 unspecified atom stereocenters. The molecule has 0 saturated heterocycles. The van der Waals surface area contributed by atoms with Crippen LogP contribution in [-0.2, 0) is 12.8 Å². The van der Waals surface area contributed by atoms with Gasteiger partial charge in [0.2, 0.25) is 11.6 Å². The van der Waals surface area contributed by atoms with Gasteiger partial charge in [-0.2, -0.15) is 8.78 Å². The first kappa shape index (κ1) is 27.6. The van der Waals surface area contributed by atoms with E-state index in [1.54, 1.807) is 12.1 Å². The Bertz CT molecular complexity index is 1080. The molecule has 0 aliphatic carbocycles. The van der Waals surface area contributed by atoms with Gasteiger partial charge in [-0.25, -0.2) is 8.78 Å². The Morgan fingerprint density at radius 3 is 1.72 bits per heavy atom. The molecule has 0 bridgehead atoms. The van der Waals surface area contributed by atoms with Gasteiger partial charge in [0.15, 0.2) is 18.1 Å². The van der Waals surface area contributed by atoms with Crippen LogP contribution in [0.3, 0.4) is 0 Å². The number of alkyl halides is 2. The monoisotopic (exact) mass is 502 g/mol. The van der Waals surface area contributed by atoms with Gasteiger partial charge < -0.3 is 9.47 Å². The summed E-state index contributed by atoms with van der Waals surface area (Å²) in [5, 5.41) is 0. The van der Waals surface area contributed by atoms with Crippen LogP contribution in [0.25, 0.3) is 11.1 Å². The van der Waals surface area contributed by atoms with Crippen LogP contribution in [0, 0.1) is 11.6 Å². The highest BCUT2D eigenvalue weighted by atomic mass is 19.3. The second kappa shape index (κ2) is 13.3. The van der Waals surface area contributed by atoms with E-state index in [0.717, 1.165) is 49.3 Å². The summed E-state index contributed by atoms with van der Waals surface area (Å²) in [6, 6.07) is 17.5. The van der Waals surface area contributed by atoms with Crippen molar-refractivity contribution in [3.63, 3.8) is 0 Å². The summed E-state index contributed by atoms with van der Waals surface area (Å²) in [7, 11) is 0. The van der Waals surface area contributed by atoms with Crippen LogP contribution in [0.1, 0.15) is 57.1 Å². The van der Waals surface area contributed by atoms with Gasteiger partial charge in [-0.05, 0) is 53.6 Å². The number of halogens is 4. The van der Waals surface area contributed by atoms with Crippen molar-refractivity contribution in [1.29, 1.82) is 0 Å². The van der Waals surface area contributed by atoms with E-state index in [0.29, 0.717) is 12.0 Å². The van der Waals surface area contributed by atoms with Gasteiger partial charge in [0, 0.05) is 6.42 Å². The van der Waals surface area contributed by atoms with Crippen LogP contribution in [0.5, 0.6) is 11.5 Å². The van der Waals surface area contributed by atoms with E-state index in [1.165, 1.54) is 11.6 Å². The summed E-state index contributed by atoms with van der Waals surface area (Å²) in [5.41, 5.74) is 3.67. The number of hydrogen-bond donors (Lipinski definition) is 0. The molecule has 0 fully saturated rings. The summed E-state index contributed by atoms with van der Waals surface area (Å²) in [6.07, 6.45) is 5.35. The molecule has 36 heavy (non-hydrogen) atoms. The number of aryl methyl sites for hydroxylation is 1. The lowest BCUT2D eigenvalue weighted by Crippen LogP contribution is -2.28. The molecule has 0 aliphatic rings. The van der Waals surface area contributed by atoms with Gasteiger partial charge in [-0.1, -0.05) is 81.6 Å². The predicted molar refractivity (Wildman–Crippen MR) is 136 cm³/mol. The minimum Gasteiger partial charge on any atom is -0.490 e. The van der Waals surface area contributed by atoms with Gasteiger partial charge in [-0.15, -0.1) is 0 Å². The van der Waals surface area contributed by atoms with E-state index >= 15 is 0 Å². The van der Waals surface area contributed by atoms with Crippen LogP contribution in [0.4, 0.5) is 17.6 Å². The molecule has 2 nitrogen and oxygen atoms in total. The Morgan fingerprint density at radius 2 is 1.17 bits per heavy atom. The molecule has 0 aromatic heterocycles. The summed E-state index contributed by atoms with van der Waals surface area (Å²) >= 11 is 0. The minimum atomic E-state index is -3.26. The Kier molecular flexibility index (Phi) is 10.2. The van der Waals surface area contributed by atoms with E-state index in [1.807, 2.05) is 31.2 Å². The SMILES string of the molecule is CCCCCOc1ccc(OCC(F)(F)Cc2ccc(-c3ccc(CCCC)cc3)cc2)c(F)c1F. The van der Waals surface area contributed by atoms with Crippen molar-refractivity contribution in [3.05, 3.63) is 83.4 Å². The third-order valence-corrected chi connectivity index (χ3v) is 5.98. The standard InChI is InChI=1S/C30H34F4O2/c1-3-5-7-19-35-26-17-18-27(29(32)28(26)31)36-21-30(33,34)20-23-11-15-25(16-12-23)24-13-9-22(10-14-24)8-6-4-2/h9-18H,3-8,19-21H2,1-2H3. The van der Waals surface area contributed by atoms with Crippen LogP contribution >= 0.6 is 0 Å². The molecule has 194 valence electrons. The predicted octanol–water partition coefficient (Wildman–Crippen LogP) is 8.80. The van der Waals surface area contributed by atoms with Gasteiger partial charge in [0.25, 0.3) is 5.92 Å². The minimum absolute atomic E-state index is 0.251. The Morgan fingerprint density at radius 1 is 0.639 bits per heavy atom. The fourth-order valence-corrected chi connectivity index (χ4v) is 3.86. The highest BCUT2D eigenvalue weighted by molar-refractivity contribution is 5.64. The molecule has 0 spiro atoms. The highest BCUT2D eigenvalue weighted by Gasteiger charge is 2.31. The van der Waals surface area contributed by atoms with Crippen LogP contribution in [0.15, 0.2) is 60.7 Å². The molecule has 0 radical (unpaired) electrons. The van der Waals surface area contributed by atoms with Crippen LogP contribution in [0.2, 0.25) is 0 Å². The summed E-state index contributed by atoms with van der Waals surface area (Å²) < 4.78 is 67.8. The number of hydrogen-bond acceptors (Lipinski definition) is 2. The van der Waals surface area contributed by atoms with Crippen molar-refractivity contribution in [2.45, 2.75) is 64.7 Å². The third-order valence-electron chi connectivity index (χ3n) is 5.98. The number of rotatable bonds is 14. The molecule has 0 N–H and O–H groups in total. The molecule has 3 aromatic rings. The largest absolute Gasteiger partial charge is 0.490 e. The molecule has 0 atom stereocenters. The first-order chi connectivity index (χ1) is 17.3. The molecule has 0 amide bonds. The molecular weight excluding hydrogens is 468 g/mol. The first-order valence-corrected chi connectivity index (χ1v) is 12.6. The van der Waals surface area contributed by atoms with E-state index in [9.17, 15) is 17.6 Å². The van der Waals surface area contributed by atoms with Gasteiger partial charge >= 0.3 is 0 Å². The fraction of sp³-hybridized carbons (Fsp3) is 0.400. The fourth-order valence-electron chi connectivity index (χ4n) is 3.86. The van der Waals surface area contributed by atoms with E-state index in [4.69, 9.17) is 9.47 Å². The van der Waals surface area contributed by atoms with E-state index in [2.05, 4.69) is 19.1 Å². The molecule has 3 rings (SSSR count). The smallest absolute Gasteiger partial charge is 0.285 e. The van der Waals surface area contributed by atoms with E-state index < -0.39 is 36.3 Å². The van der Waals surface area contributed by atoms with Crippen LogP contribution in [-0.4, -0.2) is 19.1 Å². The number of benzene rings is 3. The highest BCUT2D eigenvalue weighted by Crippen LogP contribution is 2.30. The molecule has 6 heteroatoms. The summed E-state index contributed by atoms with van der Waals surface area (Å²) in [6.45, 7) is 3.37. The van der Waals surface area contributed by atoms with Crippen molar-refractivity contribution in [1.82, 2.24) is 0 Å². The first-order valence-electron chi connectivity index (χ1n) is 12.6. The van der Waals surface area contributed by atoms with Gasteiger partial charge in [-0.3, -0.25) is 0 Å². The maximum absolute atomic E-state index is 14.5. The lowest BCUT2D eigenvalue weighted by molar-refractivity contribution is -0.0410. The molecule has 0 saturated carbocycles. The lowest BCUT2D eigenvalue weighted by Gasteiger charge is -2.18. The number of unbranched alkanes of at least 4 members (excludes halogenated alkanes) is 3. The average molecular weight is 503 g/mol. The Balaban J connectivity index is 1.56. The zero-order valence-corrected chi connectivity index (χ0v) is 21.0. The average Bonchev–Trinajstić information content (AvgIpc) is 2.88. The topological polar surface area (TPSA) is 18.5 Å². The van der Waals surface area contributed by atoms with Gasteiger partial charge in [0.1, 0.15) is 0 Å². The quantitative estimate of drug-likeness (QED) is 0.162. The second-order valence-corrected chi connectivity index (χ2v) is 9.06. The number of ether oxygens (including phenoxy) is 2. The lowest BCUT2D eigenvalue weighted by atomic mass is 9.99.